The van der Waals surface area contributed by atoms with E-state index in [-0.39, 0.29) is 11.7 Å². The Hall–Kier alpha value is -1.16. The number of halogens is 2. The molecule has 0 saturated carbocycles. The van der Waals surface area contributed by atoms with Crippen molar-refractivity contribution in [2.24, 2.45) is 7.05 Å². The summed E-state index contributed by atoms with van der Waals surface area (Å²) >= 11 is 3.37. The van der Waals surface area contributed by atoms with Gasteiger partial charge in [-0.2, -0.15) is 5.10 Å². The van der Waals surface area contributed by atoms with Crippen LogP contribution >= 0.6 is 15.9 Å². The first-order valence-electron chi connectivity index (χ1n) is 5.48. The summed E-state index contributed by atoms with van der Waals surface area (Å²) in [5.41, 5.74) is 2.38. The van der Waals surface area contributed by atoms with Gasteiger partial charge in [-0.25, -0.2) is 4.39 Å². The standard InChI is InChI=1S/C13H14BrFN2/c1-8(2)13-11(7-17(3)16-13)10-6-9(14)4-5-12(10)15/h4-8H,1-3H3. The molecule has 0 N–H and O–H groups in total. The SMILES string of the molecule is CC(C)c1nn(C)cc1-c1cc(Br)ccc1F. The van der Waals surface area contributed by atoms with Crippen molar-refractivity contribution in [1.82, 2.24) is 9.78 Å². The molecule has 2 rings (SSSR count). The highest BCUT2D eigenvalue weighted by molar-refractivity contribution is 9.10. The van der Waals surface area contributed by atoms with Gasteiger partial charge in [0.25, 0.3) is 0 Å². The zero-order valence-corrected chi connectivity index (χ0v) is 11.6. The van der Waals surface area contributed by atoms with Crippen LogP contribution < -0.4 is 0 Å². The van der Waals surface area contributed by atoms with Crippen molar-refractivity contribution in [3.63, 3.8) is 0 Å². The van der Waals surface area contributed by atoms with Crippen LogP contribution in [0.4, 0.5) is 4.39 Å². The average Bonchev–Trinajstić information content (AvgIpc) is 2.64. The van der Waals surface area contributed by atoms with Gasteiger partial charge in [0.15, 0.2) is 0 Å². The van der Waals surface area contributed by atoms with Crippen LogP contribution in [0.1, 0.15) is 25.5 Å². The lowest BCUT2D eigenvalue weighted by Gasteiger charge is -2.06. The van der Waals surface area contributed by atoms with Crippen molar-refractivity contribution in [1.29, 1.82) is 0 Å². The normalized spacial score (nSPS) is 11.2. The smallest absolute Gasteiger partial charge is 0.131 e. The molecule has 1 aromatic carbocycles. The van der Waals surface area contributed by atoms with Gasteiger partial charge in [-0.05, 0) is 24.1 Å². The molecule has 4 heteroatoms. The molecule has 17 heavy (non-hydrogen) atoms. The predicted octanol–water partition coefficient (Wildman–Crippen LogP) is 4.11. The highest BCUT2D eigenvalue weighted by atomic mass is 79.9. The number of rotatable bonds is 2. The quantitative estimate of drug-likeness (QED) is 0.815. The highest BCUT2D eigenvalue weighted by Crippen LogP contribution is 2.31. The van der Waals surface area contributed by atoms with E-state index < -0.39 is 0 Å². The summed E-state index contributed by atoms with van der Waals surface area (Å²) in [6, 6.07) is 4.96. The fraction of sp³-hybridized carbons (Fsp3) is 0.308. The molecule has 2 aromatic rings. The van der Waals surface area contributed by atoms with Crippen LogP contribution in [0, 0.1) is 5.82 Å². The molecule has 1 heterocycles. The Kier molecular flexibility index (Phi) is 3.33. The molecule has 0 radical (unpaired) electrons. The van der Waals surface area contributed by atoms with Gasteiger partial charge >= 0.3 is 0 Å². The number of aromatic nitrogens is 2. The first-order chi connectivity index (χ1) is 7.99. The molecule has 0 fully saturated rings. The number of hydrogen-bond acceptors (Lipinski definition) is 1. The van der Waals surface area contributed by atoms with E-state index in [1.165, 1.54) is 6.07 Å². The maximum atomic E-state index is 13.9. The fourth-order valence-electron chi connectivity index (χ4n) is 1.84. The van der Waals surface area contributed by atoms with Crippen LogP contribution in [-0.2, 0) is 7.05 Å². The monoisotopic (exact) mass is 296 g/mol. The van der Waals surface area contributed by atoms with Gasteiger partial charge in [-0.15, -0.1) is 0 Å². The van der Waals surface area contributed by atoms with Crippen LogP contribution in [0.25, 0.3) is 11.1 Å². The summed E-state index contributed by atoms with van der Waals surface area (Å²) in [5, 5.41) is 4.39. The predicted molar refractivity (Wildman–Crippen MR) is 70.4 cm³/mol. The zero-order chi connectivity index (χ0) is 12.6. The van der Waals surface area contributed by atoms with Crippen LogP contribution in [-0.4, -0.2) is 9.78 Å². The van der Waals surface area contributed by atoms with E-state index in [0.717, 1.165) is 15.7 Å². The summed E-state index contributed by atoms with van der Waals surface area (Å²) in [4.78, 5) is 0. The molecule has 0 atom stereocenters. The largest absolute Gasteiger partial charge is 0.275 e. The fourth-order valence-corrected chi connectivity index (χ4v) is 2.20. The van der Waals surface area contributed by atoms with Crippen molar-refractivity contribution in [3.05, 3.63) is 40.4 Å². The lowest BCUT2D eigenvalue weighted by atomic mass is 10.00. The molecule has 0 bridgehead atoms. The Morgan fingerprint density at radius 1 is 1.29 bits per heavy atom. The summed E-state index contributed by atoms with van der Waals surface area (Å²) in [6.45, 7) is 4.11. The average molecular weight is 297 g/mol. The van der Waals surface area contributed by atoms with Crippen molar-refractivity contribution in [3.8, 4) is 11.1 Å². The number of nitrogens with zero attached hydrogens (tertiary/aromatic N) is 2. The molecule has 1 aromatic heterocycles. The maximum absolute atomic E-state index is 13.9. The Balaban J connectivity index is 2.63. The van der Waals surface area contributed by atoms with Gasteiger partial charge in [0.1, 0.15) is 5.82 Å². The zero-order valence-electron chi connectivity index (χ0n) is 10.0. The molecule has 2 nitrogen and oxygen atoms in total. The van der Waals surface area contributed by atoms with Gasteiger partial charge in [0.2, 0.25) is 0 Å². The maximum Gasteiger partial charge on any atom is 0.131 e. The van der Waals surface area contributed by atoms with Gasteiger partial charge in [-0.1, -0.05) is 29.8 Å². The lowest BCUT2D eigenvalue weighted by molar-refractivity contribution is 0.630. The van der Waals surface area contributed by atoms with Crippen molar-refractivity contribution >= 4 is 15.9 Å². The molecule has 0 spiro atoms. The third-order valence-electron chi connectivity index (χ3n) is 2.62. The molecule has 90 valence electrons. The van der Waals surface area contributed by atoms with Gasteiger partial charge in [-0.3, -0.25) is 4.68 Å². The van der Waals surface area contributed by atoms with E-state index >= 15 is 0 Å². The first kappa shape index (κ1) is 12.3. The van der Waals surface area contributed by atoms with Crippen LogP contribution in [0.5, 0.6) is 0 Å². The third-order valence-corrected chi connectivity index (χ3v) is 3.12. The second-order valence-electron chi connectivity index (χ2n) is 4.38. The minimum atomic E-state index is -0.219. The lowest BCUT2D eigenvalue weighted by Crippen LogP contribution is -1.94. The second-order valence-corrected chi connectivity index (χ2v) is 5.30. The Morgan fingerprint density at radius 3 is 2.65 bits per heavy atom. The van der Waals surface area contributed by atoms with E-state index in [1.54, 1.807) is 16.8 Å². The molecule has 0 aliphatic rings. The van der Waals surface area contributed by atoms with E-state index in [0.29, 0.717) is 5.56 Å². The second kappa shape index (κ2) is 4.61. The van der Waals surface area contributed by atoms with Crippen LogP contribution in [0.15, 0.2) is 28.9 Å². The molecule has 0 aliphatic heterocycles. The highest BCUT2D eigenvalue weighted by Gasteiger charge is 2.16. The van der Waals surface area contributed by atoms with E-state index in [1.807, 2.05) is 13.2 Å². The molecule has 0 saturated heterocycles. The van der Waals surface area contributed by atoms with Crippen LogP contribution in [0.3, 0.4) is 0 Å². The Bertz CT molecular complexity index is 546. The third kappa shape index (κ3) is 2.41. The number of aryl methyl sites for hydroxylation is 1. The van der Waals surface area contributed by atoms with E-state index in [2.05, 4.69) is 34.9 Å². The summed E-state index contributed by atoms with van der Waals surface area (Å²) < 4.78 is 16.4. The minimum Gasteiger partial charge on any atom is -0.275 e. The number of benzene rings is 1. The number of hydrogen-bond donors (Lipinski definition) is 0. The Labute approximate surface area is 109 Å². The molecule has 0 amide bonds. The van der Waals surface area contributed by atoms with Gasteiger partial charge in [0.05, 0.1) is 5.69 Å². The van der Waals surface area contributed by atoms with Crippen LogP contribution in [0.2, 0.25) is 0 Å². The molecular formula is C13H14BrFN2. The van der Waals surface area contributed by atoms with Gasteiger partial charge < -0.3 is 0 Å². The van der Waals surface area contributed by atoms with Crippen molar-refractivity contribution in [2.45, 2.75) is 19.8 Å². The summed E-state index contributed by atoms with van der Waals surface area (Å²) in [5.74, 6) is 0.0488. The van der Waals surface area contributed by atoms with E-state index in [9.17, 15) is 4.39 Å². The molecule has 0 unspecified atom stereocenters. The summed E-state index contributed by atoms with van der Waals surface area (Å²) in [7, 11) is 1.85. The van der Waals surface area contributed by atoms with Crippen molar-refractivity contribution < 1.29 is 4.39 Å². The van der Waals surface area contributed by atoms with Gasteiger partial charge in [0, 0.05) is 28.8 Å². The topological polar surface area (TPSA) is 17.8 Å². The Morgan fingerprint density at radius 2 is 2.00 bits per heavy atom. The first-order valence-corrected chi connectivity index (χ1v) is 6.27. The van der Waals surface area contributed by atoms with E-state index in [4.69, 9.17) is 0 Å². The van der Waals surface area contributed by atoms with Crippen molar-refractivity contribution in [2.75, 3.05) is 0 Å². The molecular weight excluding hydrogens is 283 g/mol. The minimum absolute atomic E-state index is 0.219. The molecule has 0 aliphatic carbocycles. The summed E-state index contributed by atoms with van der Waals surface area (Å²) in [6.07, 6.45) is 1.86.